The van der Waals surface area contributed by atoms with E-state index >= 15 is 0 Å². The Morgan fingerprint density at radius 1 is 1.00 bits per heavy atom. The quantitative estimate of drug-likeness (QED) is 0.616. The molecule has 0 aliphatic carbocycles. The molecule has 1 rings (SSSR count). The van der Waals surface area contributed by atoms with Crippen LogP contribution in [0.5, 0.6) is 0 Å². The van der Waals surface area contributed by atoms with E-state index < -0.39 is 0 Å². The second-order valence-electron chi connectivity index (χ2n) is 3.21. The number of aromatic nitrogens is 1. The number of hydrogen-bond donors (Lipinski definition) is 2. The zero-order chi connectivity index (χ0) is 11.6. The highest BCUT2D eigenvalue weighted by molar-refractivity contribution is 5.12. The molecule has 0 aliphatic heterocycles. The van der Waals surface area contributed by atoms with E-state index in [-0.39, 0.29) is 13.2 Å². The van der Waals surface area contributed by atoms with Gasteiger partial charge in [-0.25, -0.2) is 0 Å². The Morgan fingerprint density at radius 3 is 2.25 bits per heavy atom. The lowest BCUT2D eigenvalue weighted by atomic mass is 10.2. The molecule has 1 heterocycles. The number of pyridine rings is 1. The SMILES string of the molecule is OCCOCc1ccc(COCCO)nc1. The Hall–Kier alpha value is -1.01. The van der Waals surface area contributed by atoms with Crippen LogP contribution in [-0.4, -0.2) is 41.6 Å². The van der Waals surface area contributed by atoms with Crippen molar-refractivity contribution in [3.05, 3.63) is 29.6 Å². The highest BCUT2D eigenvalue weighted by Gasteiger charge is 1.97. The van der Waals surface area contributed by atoms with Gasteiger partial charge in [-0.05, 0) is 11.6 Å². The van der Waals surface area contributed by atoms with Gasteiger partial charge in [0.05, 0.1) is 45.3 Å². The minimum absolute atomic E-state index is 0.0209. The van der Waals surface area contributed by atoms with Crippen molar-refractivity contribution in [2.24, 2.45) is 0 Å². The molecule has 2 N–H and O–H groups in total. The van der Waals surface area contributed by atoms with Crippen LogP contribution in [0.1, 0.15) is 11.3 Å². The fraction of sp³-hybridized carbons (Fsp3) is 0.545. The maximum atomic E-state index is 8.53. The molecule has 5 nitrogen and oxygen atoms in total. The van der Waals surface area contributed by atoms with E-state index in [2.05, 4.69) is 4.98 Å². The van der Waals surface area contributed by atoms with Crippen LogP contribution in [0.2, 0.25) is 0 Å². The van der Waals surface area contributed by atoms with E-state index in [1.165, 1.54) is 0 Å². The van der Waals surface area contributed by atoms with E-state index in [0.29, 0.717) is 26.4 Å². The molecule has 90 valence electrons. The second-order valence-corrected chi connectivity index (χ2v) is 3.21. The minimum atomic E-state index is 0.0209. The number of aliphatic hydroxyl groups is 2. The van der Waals surface area contributed by atoms with Crippen LogP contribution in [0.25, 0.3) is 0 Å². The Kier molecular flexibility index (Phi) is 6.67. The minimum Gasteiger partial charge on any atom is -0.394 e. The van der Waals surface area contributed by atoms with E-state index in [1.54, 1.807) is 6.20 Å². The summed E-state index contributed by atoms with van der Waals surface area (Å²) in [7, 11) is 0. The van der Waals surface area contributed by atoms with Crippen LogP contribution in [0.4, 0.5) is 0 Å². The number of aliphatic hydroxyl groups excluding tert-OH is 2. The summed E-state index contributed by atoms with van der Waals surface area (Å²) >= 11 is 0. The third-order valence-corrected chi connectivity index (χ3v) is 1.88. The maximum absolute atomic E-state index is 8.53. The van der Waals surface area contributed by atoms with Gasteiger partial charge in [-0.15, -0.1) is 0 Å². The van der Waals surface area contributed by atoms with Crippen LogP contribution in [-0.2, 0) is 22.7 Å². The van der Waals surface area contributed by atoms with Crippen LogP contribution in [0.3, 0.4) is 0 Å². The summed E-state index contributed by atoms with van der Waals surface area (Å²) in [6.07, 6.45) is 1.72. The Morgan fingerprint density at radius 2 is 1.69 bits per heavy atom. The lowest BCUT2D eigenvalue weighted by Gasteiger charge is -2.04. The first kappa shape index (κ1) is 13.1. The maximum Gasteiger partial charge on any atom is 0.0889 e. The van der Waals surface area contributed by atoms with Gasteiger partial charge in [0.15, 0.2) is 0 Å². The van der Waals surface area contributed by atoms with Crippen molar-refractivity contribution in [1.29, 1.82) is 0 Å². The zero-order valence-corrected chi connectivity index (χ0v) is 9.13. The van der Waals surface area contributed by atoms with E-state index in [0.717, 1.165) is 11.3 Å². The van der Waals surface area contributed by atoms with Crippen molar-refractivity contribution in [2.45, 2.75) is 13.2 Å². The summed E-state index contributed by atoms with van der Waals surface area (Å²) in [5, 5.41) is 17.1. The standard InChI is InChI=1S/C11H17NO4/c13-3-5-15-8-10-1-2-11(12-7-10)9-16-6-4-14/h1-2,7,13-14H,3-6,8-9H2. The van der Waals surface area contributed by atoms with Crippen molar-refractivity contribution >= 4 is 0 Å². The molecule has 16 heavy (non-hydrogen) atoms. The van der Waals surface area contributed by atoms with Gasteiger partial charge in [0.2, 0.25) is 0 Å². The monoisotopic (exact) mass is 227 g/mol. The van der Waals surface area contributed by atoms with Crippen molar-refractivity contribution in [1.82, 2.24) is 4.98 Å². The average Bonchev–Trinajstić information content (AvgIpc) is 2.32. The third-order valence-electron chi connectivity index (χ3n) is 1.88. The lowest BCUT2D eigenvalue weighted by Crippen LogP contribution is -2.02. The van der Waals surface area contributed by atoms with Crippen molar-refractivity contribution in [2.75, 3.05) is 26.4 Å². The molecule has 0 saturated carbocycles. The van der Waals surface area contributed by atoms with Gasteiger partial charge in [-0.3, -0.25) is 4.98 Å². The molecule has 1 aromatic rings. The van der Waals surface area contributed by atoms with Crippen molar-refractivity contribution < 1.29 is 19.7 Å². The Labute approximate surface area is 94.7 Å². The van der Waals surface area contributed by atoms with Gasteiger partial charge in [0.1, 0.15) is 0 Å². The van der Waals surface area contributed by atoms with E-state index in [1.807, 2.05) is 12.1 Å². The molecule has 0 aromatic carbocycles. The second kappa shape index (κ2) is 8.18. The first-order valence-electron chi connectivity index (χ1n) is 5.18. The molecule has 0 spiro atoms. The van der Waals surface area contributed by atoms with Crippen molar-refractivity contribution in [3.8, 4) is 0 Å². The molecule has 0 bridgehead atoms. The van der Waals surface area contributed by atoms with Crippen LogP contribution in [0, 0.1) is 0 Å². The molecular formula is C11H17NO4. The summed E-state index contributed by atoms with van der Waals surface area (Å²) in [4.78, 5) is 4.18. The largest absolute Gasteiger partial charge is 0.394 e. The van der Waals surface area contributed by atoms with Crippen LogP contribution < -0.4 is 0 Å². The summed E-state index contributed by atoms with van der Waals surface area (Å²) in [6, 6.07) is 3.76. The molecule has 0 aliphatic rings. The van der Waals surface area contributed by atoms with E-state index in [4.69, 9.17) is 19.7 Å². The molecule has 5 heteroatoms. The Balaban J connectivity index is 2.30. The van der Waals surface area contributed by atoms with Crippen LogP contribution >= 0.6 is 0 Å². The number of nitrogens with zero attached hydrogens (tertiary/aromatic N) is 1. The molecule has 0 fully saturated rings. The Bertz CT molecular complexity index is 247. The highest BCUT2D eigenvalue weighted by Crippen LogP contribution is 2.03. The fourth-order valence-corrected chi connectivity index (χ4v) is 1.12. The summed E-state index contributed by atoms with van der Waals surface area (Å²) < 4.78 is 10.3. The molecule has 1 aromatic heterocycles. The predicted octanol–water partition coefficient (Wildman–Crippen LogP) is 0.0994. The van der Waals surface area contributed by atoms with Gasteiger partial charge in [-0.2, -0.15) is 0 Å². The van der Waals surface area contributed by atoms with Gasteiger partial charge in [-0.1, -0.05) is 6.07 Å². The van der Waals surface area contributed by atoms with Crippen molar-refractivity contribution in [3.63, 3.8) is 0 Å². The zero-order valence-electron chi connectivity index (χ0n) is 9.13. The number of rotatable bonds is 8. The predicted molar refractivity (Wildman–Crippen MR) is 57.7 cm³/mol. The number of hydrogen-bond acceptors (Lipinski definition) is 5. The fourth-order valence-electron chi connectivity index (χ4n) is 1.12. The summed E-state index contributed by atoms with van der Waals surface area (Å²) in [5.41, 5.74) is 1.78. The van der Waals surface area contributed by atoms with Gasteiger partial charge >= 0.3 is 0 Å². The van der Waals surface area contributed by atoms with E-state index in [9.17, 15) is 0 Å². The lowest BCUT2D eigenvalue weighted by molar-refractivity contribution is 0.0784. The molecule has 0 atom stereocenters. The summed E-state index contributed by atoms with van der Waals surface area (Å²) in [6.45, 7) is 1.56. The van der Waals surface area contributed by atoms with Gasteiger partial charge < -0.3 is 19.7 Å². The first-order valence-corrected chi connectivity index (χ1v) is 5.18. The normalized spacial score (nSPS) is 10.6. The molecule has 0 saturated heterocycles. The van der Waals surface area contributed by atoms with Gasteiger partial charge in [0.25, 0.3) is 0 Å². The molecule has 0 radical (unpaired) electrons. The van der Waals surface area contributed by atoms with Gasteiger partial charge in [0, 0.05) is 6.20 Å². The third kappa shape index (κ3) is 5.18. The highest BCUT2D eigenvalue weighted by atomic mass is 16.5. The molecule has 0 amide bonds. The first-order chi connectivity index (χ1) is 7.86. The topological polar surface area (TPSA) is 71.8 Å². The smallest absolute Gasteiger partial charge is 0.0889 e. The summed E-state index contributed by atoms with van der Waals surface area (Å²) in [5.74, 6) is 0. The molecule has 0 unspecified atom stereocenters. The van der Waals surface area contributed by atoms with Crippen LogP contribution in [0.15, 0.2) is 18.3 Å². The molecular weight excluding hydrogens is 210 g/mol. The number of ether oxygens (including phenoxy) is 2. The average molecular weight is 227 g/mol.